The molecule has 1 amide bonds. The van der Waals surface area contributed by atoms with Crippen LogP contribution in [-0.4, -0.2) is 25.9 Å². The molecule has 1 unspecified atom stereocenters. The van der Waals surface area contributed by atoms with Crippen molar-refractivity contribution in [3.8, 4) is 11.3 Å². The summed E-state index contributed by atoms with van der Waals surface area (Å²) < 4.78 is 15.2. The molecule has 29 heavy (non-hydrogen) atoms. The van der Waals surface area contributed by atoms with Crippen LogP contribution in [0.2, 0.25) is 0 Å². The third-order valence-electron chi connectivity index (χ3n) is 5.18. The third-order valence-corrected chi connectivity index (χ3v) is 5.18. The Morgan fingerprint density at radius 1 is 1.07 bits per heavy atom. The third kappa shape index (κ3) is 3.31. The van der Waals surface area contributed by atoms with Crippen LogP contribution >= 0.6 is 0 Å². The van der Waals surface area contributed by atoms with Crippen molar-refractivity contribution >= 4 is 11.7 Å². The molecule has 1 aliphatic heterocycles. The summed E-state index contributed by atoms with van der Waals surface area (Å²) in [4.78, 5) is 12.4. The van der Waals surface area contributed by atoms with E-state index in [-0.39, 0.29) is 17.6 Å². The van der Waals surface area contributed by atoms with E-state index in [9.17, 15) is 9.18 Å². The topological polar surface area (TPSA) is 75.6 Å². The number of benzene rings is 2. The Kier molecular flexibility index (Phi) is 4.20. The van der Waals surface area contributed by atoms with Crippen LogP contribution in [0, 0.1) is 5.82 Å². The molecule has 3 heterocycles. The summed E-state index contributed by atoms with van der Waals surface area (Å²) in [7, 11) is 0. The van der Waals surface area contributed by atoms with Gasteiger partial charge in [0.2, 0.25) is 5.91 Å². The van der Waals surface area contributed by atoms with E-state index in [1.54, 1.807) is 18.3 Å². The molecule has 0 spiro atoms. The first-order valence-corrected chi connectivity index (χ1v) is 9.38. The van der Waals surface area contributed by atoms with E-state index in [1.165, 1.54) is 12.1 Å². The Morgan fingerprint density at radius 2 is 1.86 bits per heavy atom. The summed E-state index contributed by atoms with van der Waals surface area (Å²) in [6.07, 6.45) is 4.02. The van der Waals surface area contributed by atoms with Crippen LogP contribution in [0.4, 0.5) is 10.2 Å². The highest BCUT2D eigenvalue weighted by molar-refractivity contribution is 5.94. The van der Waals surface area contributed by atoms with Crippen molar-refractivity contribution in [2.75, 3.05) is 5.32 Å². The van der Waals surface area contributed by atoms with Gasteiger partial charge in [-0.15, -0.1) is 0 Å². The van der Waals surface area contributed by atoms with Crippen LogP contribution in [-0.2, 0) is 11.3 Å². The van der Waals surface area contributed by atoms with E-state index in [1.807, 2.05) is 41.2 Å². The maximum Gasteiger partial charge on any atom is 0.226 e. The number of aromatic amines is 1. The van der Waals surface area contributed by atoms with Gasteiger partial charge >= 0.3 is 0 Å². The number of rotatable bonds is 4. The maximum absolute atomic E-state index is 13.3. The maximum atomic E-state index is 13.3. The Labute approximate surface area is 166 Å². The van der Waals surface area contributed by atoms with Crippen LogP contribution in [0.25, 0.3) is 11.3 Å². The molecule has 0 aliphatic carbocycles. The highest BCUT2D eigenvalue weighted by atomic mass is 19.1. The summed E-state index contributed by atoms with van der Waals surface area (Å²) in [6.45, 7) is 0.618. The fourth-order valence-electron chi connectivity index (χ4n) is 3.80. The molecule has 6 nitrogen and oxygen atoms in total. The molecule has 2 N–H and O–H groups in total. The number of nitrogens with zero attached hydrogens (tertiary/aromatic N) is 3. The van der Waals surface area contributed by atoms with Gasteiger partial charge < -0.3 is 5.32 Å². The number of carbonyl (C=O) groups is 1. The predicted octanol–water partition coefficient (Wildman–Crippen LogP) is 3.93. The zero-order valence-corrected chi connectivity index (χ0v) is 15.5. The number of H-pyrrole nitrogens is 1. The molecule has 7 heteroatoms. The Hall–Kier alpha value is -3.74. The second kappa shape index (κ2) is 7.01. The largest absolute Gasteiger partial charge is 0.309 e. The Morgan fingerprint density at radius 3 is 2.66 bits per heavy atom. The van der Waals surface area contributed by atoms with Gasteiger partial charge in [0, 0.05) is 35.2 Å². The van der Waals surface area contributed by atoms with E-state index in [0.29, 0.717) is 18.8 Å². The second-order valence-electron chi connectivity index (χ2n) is 7.13. The highest BCUT2D eigenvalue weighted by Gasteiger charge is 2.32. The average molecular weight is 387 g/mol. The van der Waals surface area contributed by atoms with Crippen LogP contribution in [0.1, 0.15) is 29.0 Å². The molecule has 0 saturated heterocycles. The van der Waals surface area contributed by atoms with Gasteiger partial charge in [-0.3, -0.25) is 14.6 Å². The second-order valence-corrected chi connectivity index (χ2v) is 7.13. The fourth-order valence-corrected chi connectivity index (χ4v) is 3.80. The number of anilines is 1. The minimum atomic E-state index is -0.295. The van der Waals surface area contributed by atoms with Crippen molar-refractivity contribution in [2.24, 2.45) is 0 Å². The SMILES string of the molecule is O=C1CC(c2cn[nH]c2-c2ccc(F)cc2)c2cn(Cc3ccccc3)nc2N1. The number of amides is 1. The van der Waals surface area contributed by atoms with Gasteiger partial charge in [-0.25, -0.2) is 4.39 Å². The number of carbonyl (C=O) groups excluding carboxylic acids is 1. The molecule has 5 rings (SSSR count). The molecule has 0 bridgehead atoms. The van der Waals surface area contributed by atoms with Crippen molar-refractivity contribution < 1.29 is 9.18 Å². The first-order valence-electron chi connectivity index (χ1n) is 9.38. The molecule has 2 aromatic carbocycles. The summed E-state index contributed by atoms with van der Waals surface area (Å²) in [5.74, 6) is 0.0190. The van der Waals surface area contributed by atoms with Gasteiger partial charge in [0.1, 0.15) is 5.82 Å². The zero-order valence-electron chi connectivity index (χ0n) is 15.5. The van der Waals surface area contributed by atoms with Gasteiger partial charge in [0.15, 0.2) is 5.82 Å². The van der Waals surface area contributed by atoms with Crippen molar-refractivity contribution in [3.05, 3.63) is 89.5 Å². The summed E-state index contributed by atoms with van der Waals surface area (Å²) in [6, 6.07) is 16.3. The molecule has 0 saturated carbocycles. The molecule has 1 aliphatic rings. The molecule has 144 valence electrons. The van der Waals surface area contributed by atoms with Gasteiger partial charge in [0.05, 0.1) is 18.4 Å². The van der Waals surface area contributed by atoms with Gasteiger partial charge in [-0.05, 0) is 29.8 Å². The van der Waals surface area contributed by atoms with E-state index < -0.39 is 0 Å². The van der Waals surface area contributed by atoms with E-state index in [4.69, 9.17) is 0 Å². The van der Waals surface area contributed by atoms with Gasteiger partial charge in [0.25, 0.3) is 0 Å². The van der Waals surface area contributed by atoms with Crippen molar-refractivity contribution in [2.45, 2.75) is 18.9 Å². The number of hydrogen-bond donors (Lipinski definition) is 2. The van der Waals surface area contributed by atoms with Gasteiger partial charge in [-0.1, -0.05) is 30.3 Å². The lowest BCUT2D eigenvalue weighted by Crippen LogP contribution is -2.23. The average Bonchev–Trinajstić information content (AvgIpc) is 3.35. The van der Waals surface area contributed by atoms with Crippen LogP contribution in [0.15, 0.2) is 67.0 Å². The molecular formula is C22H18FN5O. The molecule has 0 fully saturated rings. The van der Waals surface area contributed by atoms with Crippen LogP contribution in [0.5, 0.6) is 0 Å². The lowest BCUT2D eigenvalue weighted by molar-refractivity contribution is -0.116. The van der Waals surface area contributed by atoms with Gasteiger partial charge in [-0.2, -0.15) is 10.2 Å². The molecule has 4 aromatic rings. The van der Waals surface area contributed by atoms with E-state index in [2.05, 4.69) is 20.6 Å². The minimum Gasteiger partial charge on any atom is -0.309 e. The standard InChI is InChI=1S/C22H18FN5O/c23-16-8-6-15(7-9-16)21-18(11-24-26-21)17-10-20(29)25-22-19(17)13-28(27-22)12-14-4-2-1-3-5-14/h1-9,11,13,17H,10,12H2,(H,24,26)(H,25,27,29). The summed E-state index contributed by atoms with van der Waals surface area (Å²) in [5, 5.41) is 14.6. The van der Waals surface area contributed by atoms with Crippen LogP contribution in [0.3, 0.4) is 0 Å². The first kappa shape index (κ1) is 17.4. The molecular weight excluding hydrogens is 369 g/mol. The Balaban J connectivity index is 1.53. The first-order chi connectivity index (χ1) is 14.2. The number of hydrogen-bond acceptors (Lipinski definition) is 3. The fraction of sp³-hybridized carbons (Fsp3) is 0.136. The smallest absolute Gasteiger partial charge is 0.226 e. The minimum absolute atomic E-state index is 0.0845. The van der Waals surface area contributed by atoms with Crippen molar-refractivity contribution in [3.63, 3.8) is 0 Å². The number of nitrogens with one attached hydrogen (secondary N) is 2. The zero-order chi connectivity index (χ0) is 19.8. The van der Waals surface area contributed by atoms with Crippen LogP contribution < -0.4 is 5.32 Å². The number of fused-ring (bicyclic) bond motifs is 1. The summed E-state index contributed by atoms with van der Waals surface area (Å²) in [5.41, 5.74) is 4.58. The number of halogens is 1. The van der Waals surface area contributed by atoms with E-state index >= 15 is 0 Å². The quantitative estimate of drug-likeness (QED) is 0.557. The Bertz CT molecular complexity index is 1160. The number of aromatic nitrogens is 4. The lowest BCUT2D eigenvalue weighted by Gasteiger charge is -2.21. The molecule has 0 radical (unpaired) electrons. The van der Waals surface area contributed by atoms with Crippen molar-refractivity contribution in [1.82, 2.24) is 20.0 Å². The highest BCUT2D eigenvalue weighted by Crippen LogP contribution is 2.39. The normalized spacial score (nSPS) is 15.8. The predicted molar refractivity (Wildman–Crippen MR) is 107 cm³/mol. The summed E-state index contributed by atoms with van der Waals surface area (Å²) >= 11 is 0. The van der Waals surface area contributed by atoms with E-state index in [0.717, 1.165) is 27.9 Å². The molecule has 1 atom stereocenters. The monoisotopic (exact) mass is 387 g/mol. The van der Waals surface area contributed by atoms with Crippen molar-refractivity contribution in [1.29, 1.82) is 0 Å². The lowest BCUT2D eigenvalue weighted by atomic mass is 9.86. The molecule has 2 aromatic heterocycles.